The molecule has 0 radical (unpaired) electrons. The standard InChI is InChI=1S/C14H20N2O2/c1-11-4-5-13(18-2)12(10-11)14(17)16-8-3-6-15-7-9-16/h4-5,10,15H,3,6-9H2,1-2H3. The van der Waals surface area contributed by atoms with E-state index in [1.165, 1.54) is 0 Å². The van der Waals surface area contributed by atoms with Crippen molar-refractivity contribution in [2.75, 3.05) is 33.3 Å². The number of methoxy groups -OCH3 is 1. The third kappa shape index (κ3) is 2.82. The van der Waals surface area contributed by atoms with Crippen LogP contribution in [0, 0.1) is 6.92 Å². The van der Waals surface area contributed by atoms with E-state index in [0.29, 0.717) is 11.3 Å². The van der Waals surface area contributed by atoms with Crippen LogP contribution in [0.5, 0.6) is 5.75 Å². The van der Waals surface area contributed by atoms with Gasteiger partial charge in [0.05, 0.1) is 12.7 Å². The molecule has 1 aromatic carbocycles. The van der Waals surface area contributed by atoms with E-state index in [4.69, 9.17) is 4.74 Å². The number of carbonyl (C=O) groups is 1. The van der Waals surface area contributed by atoms with Crippen molar-refractivity contribution in [3.05, 3.63) is 29.3 Å². The van der Waals surface area contributed by atoms with Gasteiger partial charge in [0.1, 0.15) is 5.75 Å². The second-order valence-corrected chi connectivity index (χ2v) is 4.60. The number of aryl methyl sites for hydroxylation is 1. The summed E-state index contributed by atoms with van der Waals surface area (Å²) in [4.78, 5) is 14.4. The fraction of sp³-hybridized carbons (Fsp3) is 0.500. The van der Waals surface area contributed by atoms with E-state index in [2.05, 4.69) is 5.32 Å². The third-order valence-electron chi connectivity index (χ3n) is 3.21. The van der Waals surface area contributed by atoms with Gasteiger partial charge in [-0.3, -0.25) is 4.79 Å². The minimum Gasteiger partial charge on any atom is -0.496 e. The molecule has 1 aliphatic rings. The second-order valence-electron chi connectivity index (χ2n) is 4.60. The minimum absolute atomic E-state index is 0.0688. The lowest BCUT2D eigenvalue weighted by Crippen LogP contribution is -2.34. The predicted molar refractivity (Wildman–Crippen MR) is 71.1 cm³/mol. The lowest BCUT2D eigenvalue weighted by molar-refractivity contribution is 0.0763. The number of hydrogen-bond donors (Lipinski definition) is 1. The first-order chi connectivity index (χ1) is 8.72. The highest BCUT2D eigenvalue weighted by molar-refractivity contribution is 5.97. The lowest BCUT2D eigenvalue weighted by atomic mass is 10.1. The number of nitrogens with one attached hydrogen (secondary N) is 1. The Hall–Kier alpha value is -1.55. The summed E-state index contributed by atoms with van der Waals surface area (Å²) in [6.45, 7) is 5.40. The van der Waals surface area contributed by atoms with Crippen molar-refractivity contribution in [3.63, 3.8) is 0 Å². The molecular weight excluding hydrogens is 228 g/mol. The van der Waals surface area contributed by atoms with Gasteiger partial charge in [-0.1, -0.05) is 11.6 Å². The summed E-state index contributed by atoms with van der Waals surface area (Å²) in [7, 11) is 1.60. The van der Waals surface area contributed by atoms with Crippen LogP contribution in [0.1, 0.15) is 22.3 Å². The van der Waals surface area contributed by atoms with E-state index >= 15 is 0 Å². The van der Waals surface area contributed by atoms with Crippen LogP contribution in [-0.4, -0.2) is 44.1 Å². The molecule has 0 atom stereocenters. The van der Waals surface area contributed by atoms with Gasteiger partial charge in [-0.2, -0.15) is 0 Å². The average Bonchev–Trinajstić information content (AvgIpc) is 2.66. The summed E-state index contributed by atoms with van der Waals surface area (Å²) in [6.07, 6.45) is 1.000. The largest absolute Gasteiger partial charge is 0.496 e. The van der Waals surface area contributed by atoms with Gasteiger partial charge >= 0.3 is 0 Å². The quantitative estimate of drug-likeness (QED) is 0.861. The molecule has 2 rings (SSSR count). The van der Waals surface area contributed by atoms with Crippen molar-refractivity contribution >= 4 is 5.91 Å². The molecule has 1 fully saturated rings. The zero-order chi connectivity index (χ0) is 13.0. The molecule has 0 aromatic heterocycles. The van der Waals surface area contributed by atoms with Crippen LogP contribution < -0.4 is 10.1 Å². The van der Waals surface area contributed by atoms with Crippen molar-refractivity contribution in [1.82, 2.24) is 10.2 Å². The second kappa shape index (κ2) is 5.87. The highest BCUT2D eigenvalue weighted by atomic mass is 16.5. The summed E-state index contributed by atoms with van der Waals surface area (Å²) < 4.78 is 5.28. The smallest absolute Gasteiger partial charge is 0.257 e. The molecule has 4 nitrogen and oxygen atoms in total. The van der Waals surface area contributed by atoms with Crippen LogP contribution >= 0.6 is 0 Å². The van der Waals surface area contributed by atoms with Crippen molar-refractivity contribution in [1.29, 1.82) is 0 Å². The van der Waals surface area contributed by atoms with Crippen LogP contribution in [0.3, 0.4) is 0 Å². The lowest BCUT2D eigenvalue weighted by Gasteiger charge is -2.21. The highest BCUT2D eigenvalue weighted by Crippen LogP contribution is 2.21. The molecule has 0 spiro atoms. The zero-order valence-electron chi connectivity index (χ0n) is 11.0. The molecule has 1 N–H and O–H groups in total. The van der Waals surface area contributed by atoms with Crippen molar-refractivity contribution < 1.29 is 9.53 Å². The Labute approximate surface area is 108 Å². The number of amides is 1. The van der Waals surface area contributed by atoms with Gasteiger partial charge in [0, 0.05) is 19.6 Å². The first kappa shape index (κ1) is 12.9. The van der Waals surface area contributed by atoms with Gasteiger partial charge in [0.25, 0.3) is 5.91 Å². The Balaban J connectivity index is 2.23. The Morgan fingerprint density at radius 2 is 2.17 bits per heavy atom. The van der Waals surface area contributed by atoms with Crippen molar-refractivity contribution in [3.8, 4) is 5.75 Å². The zero-order valence-corrected chi connectivity index (χ0v) is 11.0. The summed E-state index contributed by atoms with van der Waals surface area (Å²) >= 11 is 0. The maximum Gasteiger partial charge on any atom is 0.257 e. The van der Waals surface area contributed by atoms with E-state index in [9.17, 15) is 4.79 Å². The Morgan fingerprint density at radius 3 is 2.94 bits per heavy atom. The number of benzene rings is 1. The van der Waals surface area contributed by atoms with Gasteiger partial charge in [0.2, 0.25) is 0 Å². The fourth-order valence-corrected chi connectivity index (χ4v) is 2.21. The molecule has 1 amide bonds. The van der Waals surface area contributed by atoms with Crippen LogP contribution in [0.15, 0.2) is 18.2 Å². The van der Waals surface area contributed by atoms with Gasteiger partial charge in [-0.05, 0) is 32.0 Å². The minimum atomic E-state index is 0.0688. The third-order valence-corrected chi connectivity index (χ3v) is 3.21. The van der Waals surface area contributed by atoms with Crippen LogP contribution in [-0.2, 0) is 0 Å². The van der Waals surface area contributed by atoms with E-state index in [0.717, 1.165) is 38.2 Å². The molecule has 98 valence electrons. The Kier molecular flexibility index (Phi) is 4.20. The number of rotatable bonds is 2. The molecule has 1 aliphatic heterocycles. The Bertz CT molecular complexity index is 424. The van der Waals surface area contributed by atoms with Gasteiger partial charge in [-0.15, -0.1) is 0 Å². The van der Waals surface area contributed by atoms with E-state index in [1.807, 2.05) is 30.0 Å². The monoisotopic (exact) mass is 248 g/mol. The van der Waals surface area contributed by atoms with E-state index in [-0.39, 0.29) is 5.91 Å². The number of ether oxygens (including phenoxy) is 1. The number of carbonyl (C=O) groups excluding carboxylic acids is 1. The Morgan fingerprint density at radius 1 is 1.33 bits per heavy atom. The van der Waals surface area contributed by atoms with Crippen LogP contribution in [0.25, 0.3) is 0 Å². The van der Waals surface area contributed by atoms with E-state index in [1.54, 1.807) is 7.11 Å². The van der Waals surface area contributed by atoms with E-state index < -0.39 is 0 Å². The molecule has 0 saturated carbocycles. The van der Waals surface area contributed by atoms with Gasteiger partial charge in [0.15, 0.2) is 0 Å². The molecule has 4 heteroatoms. The first-order valence-electron chi connectivity index (χ1n) is 6.37. The molecule has 0 aliphatic carbocycles. The molecule has 1 aromatic rings. The molecule has 1 saturated heterocycles. The average molecular weight is 248 g/mol. The summed E-state index contributed by atoms with van der Waals surface area (Å²) in [6, 6.07) is 5.72. The van der Waals surface area contributed by atoms with Crippen molar-refractivity contribution in [2.45, 2.75) is 13.3 Å². The first-order valence-corrected chi connectivity index (χ1v) is 6.37. The molecule has 0 unspecified atom stereocenters. The molecule has 18 heavy (non-hydrogen) atoms. The molecular formula is C14H20N2O2. The SMILES string of the molecule is COc1ccc(C)cc1C(=O)N1CCCNCC1. The normalized spacial score (nSPS) is 16.2. The summed E-state index contributed by atoms with van der Waals surface area (Å²) in [5.41, 5.74) is 1.74. The fourth-order valence-electron chi connectivity index (χ4n) is 2.21. The van der Waals surface area contributed by atoms with Gasteiger partial charge < -0.3 is 15.0 Å². The predicted octanol–water partition coefficient (Wildman–Crippen LogP) is 1.44. The topological polar surface area (TPSA) is 41.6 Å². The van der Waals surface area contributed by atoms with Crippen LogP contribution in [0.2, 0.25) is 0 Å². The van der Waals surface area contributed by atoms with Crippen molar-refractivity contribution in [2.24, 2.45) is 0 Å². The maximum absolute atomic E-state index is 12.5. The highest BCUT2D eigenvalue weighted by Gasteiger charge is 2.20. The number of hydrogen-bond acceptors (Lipinski definition) is 3. The van der Waals surface area contributed by atoms with Crippen LogP contribution in [0.4, 0.5) is 0 Å². The molecule has 1 heterocycles. The number of nitrogens with zero attached hydrogens (tertiary/aromatic N) is 1. The summed E-state index contributed by atoms with van der Waals surface area (Å²) in [5.74, 6) is 0.724. The van der Waals surface area contributed by atoms with Gasteiger partial charge in [-0.25, -0.2) is 0 Å². The maximum atomic E-state index is 12.5. The molecule has 0 bridgehead atoms. The summed E-state index contributed by atoms with van der Waals surface area (Å²) in [5, 5.41) is 3.30.